The van der Waals surface area contributed by atoms with Gasteiger partial charge in [-0.1, -0.05) is 5.92 Å². The molecule has 0 aliphatic carbocycles. The van der Waals surface area contributed by atoms with Crippen molar-refractivity contribution in [2.45, 2.75) is 13.8 Å². The lowest BCUT2D eigenvalue weighted by molar-refractivity contribution is 0.339. The van der Waals surface area contributed by atoms with Gasteiger partial charge in [0, 0.05) is 20.1 Å². The van der Waals surface area contributed by atoms with Crippen LogP contribution < -0.4 is 15.0 Å². The fourth-order valence-corrected chi connectivity index (χ4v) is 1.28. The topological polar surface area (TPSA) is 63.2 Å². The van der Waals surface area contributed by atoms with E-state index in [4.69, 9.17) is 11.2 Å². The van der Waals surface area contributed by atoms with Gasteiger partial charge in [0.25, 0.3) is 0 Å². The third-order valence-corrected chi connectivity index (χ3v) is 2.16. The van der Waals surface area contributed by atoms with E-state index in [1.807, 2.05) is 18.7 Å². The molecule has 1 aromatic heterocycles. The van der Waals surface area contributed by atoms with Crippen LogP contribution in [0.4, 0.5) is 11.9 Å². The Morgan fingerprint density at radius 3 is 2.53 bits per heavy atom. The highest BCUT2D eigenvalue weighted by Gasteiger charge is 2.10. The molecule has 6 heteroatoms. The fourth-order valence-electron chi connectivity index (χ4n) is 1.28. The molecule has 0 unspecified atom stereocenters. The van der Waals surface area contributed by atoms with E-state index in [-0.39, 0.29) is 12.6 Å². The summed E-state index contributed by atoms with van der Waals surface area (Å²) < 4.78 is 5.21. The third kappa shape index (κ3) is 3.48. The molecule has 0 saturated heterocycles. The number of nitrogens with one attached hydrogen (secondary N) is 1. The normalized spacial score (nSPS) is 9.53. The van der Waals surface area contributed by atoms with Crippen molar-refractivity contribution < 1.29 is 4.74 Å². The maximum absolute atomic E-state index is 5.21. The number of hydrogen-bond donors (Lipinski definition) is 1. The van der Waals surface area contributed by atoms with Gasteiger partial charge in [-0.25, -0.2) is 0 Å². The molecular weight excluding hydrogens is 218 g/mol. The molecule has 0 amide bonds. The number of rotatable bonds is 6. The highest BCUT2D eigenvalue weighted by molar-refractivity contribution is 5.37. The summed E-state index contributed by atoms with van der Waals surface area (Å²) in [5.74, 6) is 3.42. The van der Waals surface area contributed by atoms with Gasteiger partial charge in [0.05, 0.1) is 0 Å². The molecule has 0 fully saturated rings. The van der Waals surface area contributed by atoms with Crippen LogP contribution >= 0.6 is 0 Å². The zero-order valence-corrected chi connectivity index (χ0v) is 10.4. The van der Waals surface area contributed by atoms with Crippen molar-refractivity contribution in [2.24, 2.45) is 0 Å². The van der Waals surface area contributed by atoms with Gasteiger partial charge in [0.2, 0.25) is 11.9 Å². The van der Waals surface area contributed by atoms with Crippen molar-refractivity contribution in [1.29, 1.82) is 0 Å². The lowest BCUT2D eigenvalue weighted by Gasteiger charge is -2.18. The predicted molar refractivity (Wildman–Crippen MR) is 67.3 cm³/mol. The van der Waals surface area contributed by atoms with E-state index in [0.29, 0.717) is 11.9 Å². The molecule has 0 bridgehead atoms. The van der Waals surface area contributed by atoms with E-state index in [0.717, 1.165) is 13.1 Å². The number of hydrogen-bond acceptors (Lipinski definition) is 6. The maximum Gasteiger partial charge on any atom is 0.324 e. The first-order chi connectivity index (χ1) is 8.24. The van der Waals surface area contributed by atoms with Gasteiger partial charge in [-0.15, -0.1) is 6.42 Å². The van der Waals surface area contributed by atoms with E-state index in [1.165, 1.54) is 0 Å². The SMILES string of the molecule is C#CCOc1nc(NC)nc(N(CC)CC)n1. The lowest BCUT2D eigenvalue weighted by atomic mass is 10.5. The van der Waals surface area contributed by atoms with Gasteiger partial charge < -0.3 is 15.0 Å². The van der Waals surface area contributed by atoms with Crippen LogP contribution in [0.1, 0.15) is 13.8 Å². The first-order valence-electron chi connectivity index (χ1n) is 5.50. The number of anilines is 2. The smallest absolute Gasteiger partial charge is 0.324 e. The molecule has 1 N–H and O–H groups in total. The van der Waals surface area contributed by atoms with E-state index < -0.39 is 0 Å². The van der Waals surface area contributed by atoms with Crippen LogP contribution in [0.5, 0.6) is 6.01 Å². The fraction of sp³-hybridized carbons (Fsp3) is 0.545. The van der Waals surface area contributed by atoms with Gasteiger partial charge in [-0.3, -0.25) is 0 Å². The molecule has 0 aromatic carbocycles. The van der Waals surface area contributed by atoms with Gasteiger partial charge in [-0.2, -0.15) is 15.0 Å². The van der Waals surface area contributed by atoms with E-state index in [9.17, 15) is 0 Å². The molecule has 17 heavy (non-hydrogen) atoms. The quantitative estimate of drug-likeness (QED) is 0.735. The van der Waals surface area contributed by atoms with Gasteiger partial charge >= 0.3 is 6.01 Å². The Morgan fingerprint density at radius 2 is 2.00 bits per heavy atom. The van der Waals surface area contributed by atoms with Crippen LogP contribution in [0.2, 0.25) is 0 Å². The molecule has 1 heterocycles. The second-order valence-electron chi connectivity index (χ2n) is 3.16. The first kappa shape index (κ1) is 13.0. The Balaban J connectivity index is 3.00. The number of aromatic nitrogens is 3. The zero-order valence-electron chi connectivity index (χ0n) is 10.4. The summed E-state index contributed by atoms with van der Waals surface area (Å²) in [5.41, 5.74) is 0. The molecule has 1 rings (SSSR count). The van der Waals surface area contributed by atoms with Gasteiger partial charge in [0.15, 0.2) is 6.61 Å². The molecule has 0 saturated carbocycles. The van der Waals surface area contributed by atoms with E-state index in [2.05, 4.69) is 26.2 Å². The molecular formula is C11H17N5O. The van der Waals surface area contributed by atoms with Crippen molar-refractivity contribution in [1.82, 2.24) is 15.0 Å². The molecule has 0 radical (unpaired) electrons. The summed E-state index contributed by atoms with van der Waals surface area (Å²) in [5, 5.41) is 2.87. The van der Waals surface area contributed by atoms with Crippen LogP contribution in [-0.2, 0) is 0 Å². The highest BCUT2D eigenvalue weighted by Crippen LogP contribution is 2.14. The Hall–Kier alpha value is -2.03. The largest absolute Gasteiger partial charge is 0.450 e. The maximum atomic E-state index is 5.21. The average Bonchev–Trinajstić information content (AvgIpc) is 2.37. The number of terminal acetylenes is 1. The lowest BCUT2D eigenvalue weighted by Crippen LogP contribution is -2.25. The predicted octanol–water partition coefficient (Wildman–Crippen LogP) is 0.771. The summed E-state index contributed by atoms with van der Waals surface area (Å²) in [7, 11) is 1.74. The van der Waals surface area contributed by atoms with Crippen LogP contribution in [0.25, 0.3) is 0 Å². The first-order valence-corrected chi connectivity index (χ1v) is 5.50. The van der Waals surface area contributed by atoms with E-state index in [1.54, 1.807) is 7.05 Å². The minimum absolute atomic E-state index is 0.144. The van der Waals surface area contributed by atoms with Crippen LogP contribution in [-0.4, -0.2) is 41.7 Å². The van der Waals surface area contributed by atoms with Crippen molar-refractivity contribution in [3.63, 3.8) is 0 Å². The summed E-state index contributed by atoms with van der Waals surface area (Å²) in [6.45, 7) is 5.85. The van der Waals surface area contributed by atoms with E-state index >= 15 is 0 Å². The Labute approximate surface area is 101 Å². The van der Waals surface area contributed by atoms with Crippen LogP contribution in [0, 0.1) is 12.3 Å². The van der Waals surface area contributed by atoms with Crippen molar-refractivity contribution in [2.75, 3.05) is 37.0 Å². The molecule has 1 aromatic rings. The second-order valence-corrected chi connectivity index (χ2v) is 3.16. The van der Waals surface area contributed by atoms with Crippen molar-refractivity contribution >= 4 is 11.9 Å². The standard InChI is InChI=1S/C11H17N5O/c1-5-8-17-11-14-9(12-4)13-10(15-11)16(6-2)7-3/h1H,6-8H2,2-4H3,(H,12,13,14,15). The Bertz CT molecular complexity index is 397. The van der Waals surface area contributed by atoms with Crippen molar-refractivity contribution in [3.05, 3.63) is 0 Å². The minimum Gasteiger partial charge on any atom is -0.450 e. The van der Waals surface area contributed by atoms with Crippen LogP contribution in [0.3, 0.4) is 0 Å². The zero-order chi connectivity index (χ0) is 12.7. The van der Waals surface area contributed by atoms with Crippen molar-refractivity contribution in [3.8, 4) is 18.4 Å². The molecule has 0 aliphatic rings. The molecule has 0 aliphatic heterocycles. The van der Waals surface area contributed by atoms with Gasteiger partial charge in [0.1, 0.15) is 0 Å². The number of nitrogens with zero attached hydrogens (tertiary/aromatic N) is 4. The monoisotopic (exact) mass is 235 g/mol. The molecule has 0 spiro atoms. The molecule has 6 nitrogen and oxygen atoms in total. The summed E-state index contributed by atoms with van der Waals surface area (Å²) in [4.78, 5) is 14.5. The Morgan fingerprint density at radius 1 is 1.29 bits per heavy atom. The molecule has 92 valence electrons. The second kappa shape index (κ2) is 6.53. The average molecular weight is 235 g/mol. The summed E-state index contributed by atoms with van der Waals surface area (Å²) >= 11 is 0. The van der Waals surface area contributed by atoms with Gasteiger partial charge in [-0.05, 0) is 13.8 Å². The minimum atomic E-state index is 0.144. The number of ether oxygens (including phenoxy) is 1. The Kier molecular flexibility index (Phi) is 5.01. The summed E-state index contributed by atoms with van der Waals surface area (Å²) in [6, 6.07) is 0.240. The molecule has 0 atom stereocenters. The van der Waals surface area contributed by atoms with Crippen LogP contribution in [0.15, 0.2) is 0 Å². The third-order valence-electron chi connectivity index (χ3n) is 2.16. The highest BCUT2D eigenvalue weighted by atomic mass is 16.5. The summed E-state index contributed by atoms with van der Waals surface area (Å²) in [6.07, 6.45) is 5.12.